The van der Waals surface area contributed by atoms with E-state index in [1.807, 2.05) is 48.5 Å². The van der Waals surface area contributed by atoms with E-state index in [2.05, 4.69) is 53.8 Å². The molecular weight excluding hydrogens is 473 g/mol. The zero-order valence-electron chi connectivity index (χ0n) is 15.8. The minimum absolute atomic E-state index is 0.0681. The zero-order valence-corrected chi connectivity index (χ0v) is 18.0. The number of amides is 2. The fourth-order valence-electron chi connectivity index (χ4n) is 6.00. The van der Waals surface area contributed by atoms with Crippen LogP contribution >= 0.6 is 22.6 Å². The van der Waals surface area contributed by atoms with E-state index in [0.717, 1.165) is 3.57 Å². The number of benzene rings is 3. The van der Waals surface area contributed by atoms with Crippen LogP contribution in [0.5, 0.6) is 0 Å². The standard InChI is InChI=1S/C25H18INO2/c1-25-18-8-4-2-6-16(18)20(17-7-3-5-9-19(17)25)21-22(25)24(29)27(23(21)28)15-12-10-14(26)11-13-15/h2-13,20-22H,1H3. The van der Waals surface area contributed by atoms with E-state index in [-0.39, 0.29) is 29.6 Å². The highest BCUT2D eigenvalue weighted by atomic mass is 127. The molecule has 29 heavy (non-hydrogen) atoms. The van der Waals surface area contributed by atoms with Crippen molar-refractivity contribution in [2.24, 2.45) is 11.8 Å². The van der Waals surface area contributed by atoms with Gasteiger partial charge < -0.3 is 0 Å². The number of halogens is 1. The maximum Gasteiger partial charge on any atom is 0.238 e. The van der Waals surface area contributed by atoms with Gasteiger partial charge >= 0.3 is 0 Å². The first-order chi connectivity index (χ1) is 14.0. The second kappa shape index (κ2) is 5.79. The van der Waals surface area contributed by atoms with Gasteiger partial charge in [-0.3, -0.25) is 9.59 Å². The first kappa shape index (κ1) is 17.4. The summed E-state index contributed by atoms with van der Waals surface area (Å²) in [6.45, 7) is 2.15. The zero-order chi connectivity index (χ0) is 19.9. The van der Waals surface area contributed by atoms with E-state index in [4.69, 9.17) is 0 Å². The highest BCUT2D eigenvalue weighted by Gasteiger charge is 2.66. The minimum atomic E-state index is -0.503. The highest BCUT2D eigenvalue weighted by Crippen LogP contribution is 2.64. The lowest BCUT2D eigenvalue weighted by atomic mass is 9.48. The predicted octanol–water partition coefficient (Wildman–Crippen LogP) is 4.86. The van der Waals surface area contributed by atoms with Gasteiger partial charge in [0.1, 0.15) is 0 Å². The van der Waals surface area contributed by atoms with Gasteiger partial charge in [-0.15, -0.1) is 0 Å². The monoisotopic (exact) mass is 491 g/mol. The SMILES string of the molecule is CC12c3ccccc3C(c3ccccc31)C1C(=O)N(c3ccc(I)cc3)C(=O)C12. The molecule has 1 saturated heterocycles. The first-order valence-electron chi connectivity index (χ1n) is 9.85. The number of rotatable bonds is 1. The van der Waals surface area contributed by atoms with Crippen molar-refractivity contribution in [1.82, 2.24) is 0 Å². The topological polar surface area (TPSA) is 37.4 Å². The summed E-state index contributed by atoms with van der Waals surface area (Å²) in [6, 6.07) is 24.3. The van der Waals surface area contributed by atoms with Crippen molar-refractivity contribution in [3.8, 4) is 0 Å². The fourth-order valence-corrected chi connectivity index (χ4v) is 6.36. The molecule has 1 fully saturated rings. The Labute approximate surface area is 182 Å². The summed E-state index contributed by atoms with van der Waals surface area (Å²) in [4.78, 5) is 28.9. The second-order valence-corrected chi connectivity index (χ2v) is 9.59. The molecule has 2 unspecified atom stereocenters. The van der Waals surface area contributed by atoms with Crippen LogP contribution < -0.4 is 4.90 Å². The van der Waals surface area contributed by atoms with Crippen LogP contribution in [0.2, 0.25) is 0 Å². The van der Waals surface area contributed by atoms with E-state index in [1.165, 1.54) is 27.2 Å². The largest absolute Gasteiger partial charge is 0.274 e. The van der Waals surface area contributed by atoms with Gasteiger partial charge in [0.25, 0.3) is 0 Å². The Morgan fingerprint density at radius 3 is 1.93 bits per heavy atom. The van der Waals surface area contributed by atoms with Crippen LogP contribution in [0.1, 0.15) is 35.1 Å². The molecule has 0 radical (unpaired) electrons. The van der Waals surface area contributed by atoms with Crippen LogP contribution in [0, 0.1) is 15.4 Å². The number of hydrogen-bond donors (Lipinski definition) is 0. The van der Waals surface area contributed by atoms with E-state index < -0.39 is 5.41 Å². The average Bonchev–Trinajstić information content (AvgIpc) is 3.01. The van der Waals surface area contributed by atoms with Crippen molar-refractivity contribution in [3.63, 3.8) is 0 Å². The van der Waals surface area contributed by atoms with E-state index >= 15 is 0 Å². The van der Waals surface area contributed by atoms with E-state index in [0.29, 0.717) is 5.69 Å². The second-order valence-electron chi connectivity index (χ2n) is 8.35. The average molecular weight is 491 g/mol. The normalized spacial score (nSPS) is 28.9. The molecule has 3 aromatic carbocycles. The van der Waals surface area contributed by atoms with Gasteiger partial charge in [0.2, 0.25) is 11.8 Å². The van der Waals surface area contributed by atoms with Gasteiger partial charge in [-0.05, 0) is 69.1 Å². The lowest BCUT2D eigenvalue weighted by Gasteiger charge is -2.52. The molecule has 4 heteroatoms. The molecule has 2 amide bonds. The van der Waals surface area contributed by atoms with Crippen molar-refractivity contribution in [2.45, 2.75) is 18.3 Å². The number of nitrogens with zero attached hydrogens (tertiary/aromatic N) is 1. The Kier molecular flexibility index (Phi) is 3.47. The highest BCUT2D eigenvalue weighted by molar-refractivity contribution is 14.1. The Bertz CT molecular complexity index is 1150. The third-order valence-electron chi connectivity index (χ3n) is 7.13. The molecule has 1 aliphatic heterocycles. The molecule has 2 bridgehead atoms. The third kappa shape index (κ3) is 2.03. The molecule has 7 rings (SSSR count). The summed E-state index contributed by atoms with van der Waals surface area (Å²) in [5, 5.41) is 0. The Balaban J connectivity index is 1.61. The van der Waals surface area contributed by atoms with Crippen LogP contribution in [0.3, 0.4) is 0 Å². The molecule has 2 atom stereocenters. The van der Waals surface area contributed by atoms with Gasteiger partial charge in [0.05, 0.1) is 17.5 Å². The predicted molar refractivity (Wildman–Crippen MR) is 120 cm³/mol. The maximum absolute atomic E-state index is 13.8. The van der Waals surface area contributed by atoms with E-state index in [9.17, 15) is 9.59 Å². The first-order valence-corrected chi connectivity index (χ1v) is 10.9. The van der Waals surface area contributed by atoms with Gasteiger partial charge in [-0.25, -0.2) is 4.90 Å². The molecule has 0 N–H and O–H groups in total. The van der Waals surface area contributed by atoms with Crippen molar-refractivity contribution in [2.75, 3.05) is 4.90 Å². The Hall–Kier alpha value is -2.47. The molecule has 1 heterocycles. The molecule has 0 spiro atoms. The van der Waals surface area contributed by atoms with Gasteiger partial charge in [-0.1, -0.05) is 55.5 Å². The minimum Gasteiger partial charge on any atom is -0.274 e. The molecular formula is C25H18INO2. The molecule has 0 saturated carbocycles. The number of imide groups is 1. The van der Waals surface area contributed by atoms with Crippen molar-refractivity contribution in [3.05, 3.63) is 98.6 Å². The summed E-state index contributed by atoms with van der Waals surface area (Å²) in [6.07, 6.45) is 0. The lowest BCUT2D eigenvalue weighted by molar-refractivity contribution is -0.123. The quantitative estimate of drug-likeness (QED) is 0.360. The summed E-state index contributed by atoms with van der Waals surface area (Å²) in [5.74, 6) is -0.931. The maximum atomic E-state index is 13.8. The van der Waals surface area contributed by atoms with Crippen LogP contribution in [0.15, 0.2) is 72.8 Å². The molecule has 3 nitrogen and oxygen atoms in total. The molecule has 0 aromatic heterocycles. The molecule has 3 aliphatic carbocycles. The van der Waals surface area contributed by atoms with Crippen molar-refractivity contribution < 1.29 is 9.59 Å². The molecule has 142 valence electrons. The Morgan fingerprint density at radius 2 is 1.34 bits per heavy atom. The van der Waals surface area contributed by atoms with Crippen LogP contribution in [-0.4, -0.2) is 11.8 Å². The third-order valence-corrected chi connectivity index (χ3v) is 7.85. The smallest absolute Gasteiger partial charge is 0.238 e. The number of anilines is 1. The van der Waals surface area contributed by atoms with Crippen LogP contribution in [-0.2, 0) is 15.0 Å². The van der Waals surface area contributed by atoms with Gasteiger partial charge in [0.15, 0.2) is 0 Å². The van der Waals surface area contributed by atoms with Crippen molar-refractivity contribution in [1.29, 1.82) is 0 Å². The van der Waals surface area contributed by atoms with Gasteiger partial charge in [0, 0.05) is 14.9 Å². The number of carbonyl (C=O) groups is 2. The lowest BCUT2D eigenvalue weighted by Crippen LogP contribution is -2.51. The van der Waals surface area contributed by atoms with Crippen LogP contribution in [0.4, 0.5) is 5.69 Å². The van der Waals surface area contributed by atoms with E-state index in [1.54, 1.807) is 0 Å². The number of hydrogen-bond acceptors (Lipinski definition) is 2. The van der Waals surface area contributed by atoms with Crippen molar-refractivity contribution >= 4 is 40.1 Å². The Morgan fingerprint density at radius 1 is 0.793 bits per heavy atom. The summed E-state index contributed by atoms with van der Waals surface area (Å²) < 4.78 is 1.08. The summed E-state index contributed by atoms with van der Waals surface area (Å²) >= 11 is 2.23. The van der Waals surface area contributed by atoms with Gasteiger partial charge in [-0.2, -0.15) is 0 Å². The van der Waals surface area contributed by atoms with Crippen LogP contribution in [0.25, 0.3) is 0 Å². The molecule has 3 aromatic rings. The summed E-state index contributed by atoms with van der Waals surface area (Å²) in [5.41, 5.74) is 4.94. The fraction of sp³-hybridized carbons (Fsp3) is 0.200. The summed E-state index contributed by atoms with van der Waals surface area (Å²) in [7, 11) is 0. The molecule has 4 aliphatic rings. The number of carbonyl (C=O) groups excluding carboxylic acids is 2.